The standard InChI is InChI=1S/C24H22N2O3/c1-3-18-14-26-21(25-18)13-8-15(2)22(26)23(27)17-11-9-16(10-12-17)19-6-4-5-7-20(19)24(28)29/h4-14,23,27H,3H2,1-2H3,(H,28,29)/t23-/m1/s1. The molecule has 1 atom stereocenters. The smallest absolute Gasteiger partial charge is 0.336 e. The number of benzene rings is 2. The maximum Gasteiger partial charge on any atom is 0.336 e. The molecule has 0 unspecified atom stereocenters. The number of carbonyl (C=O) groups is 1. The number of carboxylic acids is 1. The van der Waals surface area contributed by atoms with E-state index < -0.39 is 12.1 Å². The average Bonchev–Trinajstić information content (AvgIpc) is 3.16. The Kier molecular flexibility index (Phi) is 4.91. The number of aliphatic hydroxyl groups is 1. The highest BCUT2D eigenvalue weighted by molar-refractivity contribution is 5.96. The summed E-state index contributed by atoms with van der Waals surface area (Å²) in [7, 11) is 0. The summed E-state index contributed by atoms with van der Waals surface area (Å²) in [5.74, 6) is -0.959. The number of aliphatic hydroxyl groups excluding tert-OH is 1. The van der Waals surface area contributed by atoms with Crippen molar-refractivity contribution < 1.29 is 15.0 Å². The Labute approximate surface area is 168 Å². The summed E-state index contributed by atoms with van der Waals surface area (Å²) in [6.45, 7) is 4.03. The largest absolute Gasteiger partial charge is 0.478 e. The molecule has 0 bridgehead atoms. The minimum Gasteiger partial charge on any atom is -0.478 e. The summed E-state index contributed by atoms with van der Waals surface area (Å²) in [6.07, 6.45) is 1.98. The zero-order valence-corrected chi connectivity index (χ0v) is 16.3. The molecule has 0 saturated heterocycles. The molecule has 4 aromatic rings. The van der Waals surface area contributed by atoms with Crippen LogP contribution in [0.15, 0.2) is 66.9 Å². The predicted molar refractivity (Wildman–Crippen MR) is 112 cm³/mol. The highest BCUT2D eigenvalue weighted by Crippen LogP contribution is 2.29. The first-order chi connectivity index (χ1) is 14.0. The molecule has 0 saturated carbocycles. The second-order valence-electron chi connectivity index (χ2n) is 7.09. The van der Waals surface area contributed by atoms with Crippen molar-refractivity contribution >= 4 is 11.6 Å². The van der Waals surface area contributed by atoms with Gasteiger partial charge in [0, 0.05) is 6.20 Å². The zero-order valence-electron chi connectivity index (χ0n) is 16.3. The van der Waals surface area contributed by atoms with Crippen molar-refractivity contribution in [2.24, 2.45) is 0 Å². The first-order valence-corrected chi connectivity index (χ1v) is 9.57. The topological polar surface area (TPSA) is 74.8 Å². The van der Waals surface area contributed by atoms with Crippen LogP contribution >= 0.6 is 0 Å². The maximum atomic E-state index is 11.5. The van der Waals surface area contributed by atoms with Gasteiger partial charge in [-0.1, -0.05) is 55.5 Å². The number of aryl methyl sites for hydroxylation is 2. The van der Waals surface area contributed by atoms with Gasteiger partial charge in [0.05, 0.1) is 17.0 Å². The lowest BCUT2D eigenvalue weighted by atomic mass is 9.96. The molecule has 146 valence electrons. The minimum atomic E-state index is -0.959. The normalized spacial score (nSPS) is 12.2. The molecule has 2 N–H and O–H groups in total. The Morgan fingerprint density at radius 3 is 2.48 bits per heavy atom. The highest BCUT2D eigenvalue weighted by atomic mass is 16.4. The number of fused-ring (bicyclic) bond motifs is 1. The van der Waals surface area contributed by atoms with Crippen LogP contribution in [0, 0.1) is 6.92 Å². The van der Waals surface area contributed by atoms with Gasteiger partial charge in [-0.2, -0.15) is 0 Å². The Balaban J connectivity index is 1.74. The predicted octanol–water partition coefficient (Wildman–Crippen LogP) is 4.65. The number of aromatic carboxylic acids is 1. The van der Waals surface area contributed by atoms with Crippen LogP contribution in [0.1, 0.15) is 45.9 Å². The molecule has 4 rings (SSSR count). The number of nitrogens with zero attached hydrogens (tertiary/aromatic N) is 2. The van der Waals surface area contributed by atoms with Crippen molar-refractivity contribution in [3.8, 4) is 11.1 Å². The Morgan fingerprint density at radius 1 is 1.07 bits per heavy atom. The summed E-state index contributed by atoms with van der Waals surface area (Å²) in [5, 5.41) is 20.5. The van der Waals surface area contributed by atoms with Crippen LogP contribution in [0.3, 0.4) is 0 Å². The molecule has 2 aromatic heterocycles. The van der Waals surface area contributed by atoms with Crippen LogP contribution in [-0.2, 0) is 6.42 Å². The molecule has 2 heterocycles. The van der Waals surface area contributed by atoms with E-state index in [1.165, 1.54) is 0 Å². The lowest BCUT2D eigenvalue weighted by Crippen LogP contribution is -2.08. The average molecular weight is 386 g/mol. The summed E-state index contributed by atoms with van der Waals surface area (Å²) >= 11 is 0. The number of hydrogen-bond donors (Lipinski definition) is 2. The van der Waals surface area contributed by atoms with E-state index in [0.717, 1.165) is 40.1 Å². The number of imidazole rings is 1. The van der Waals surface area contributed by atoms with Gasteiger partial charge in [-0.25, -0.2) is 9.78 Å². The second kappa shape index (κ2) is 7.53. The number of aromatic nitrogens is 2. The number of carboxylic acid groups (broad SMARTS) is 1. The molecule has 5 nitrogen and oxygen atoms in total. The van der Waals surface area contributed by atoms with Gasteiger partial charge in [0.15, 0.2) is 0 Å². The van der Waals surface area contributed by atoms with E-state index in [4.69, 9.17) is 0 Å². The molecule has 2 aromatic carbocycles. The lowest BCUT2D eigenvalue weighted by Gasteiger charge is -2.17. The maximum absolute atomic E-state index is 11.5. The SMILES string of the molecule is CCc1cn2c([C@H](O)c3ccc(-c4ccccc4C(=O)O)cc3)c(C)ccc2n1. The van der Waals surface area contributed by atoms with Crippen LogP contribution in [0.4, 0.5) is 0 Å². The fourth-order valence-electron chi connectivity index (χ4n) is 3.67. The monoisotopic (exact) mass is 386 g/mol. The quantitative estimate of drug-likeness (QED) is 0.523. The summed E-state index contributed by atoms with van der Waals surface area (Å²) in [5.41, 5.74) is 6.00. The lowest BCUT2D eigenvalue weighted by molar-refractivity contribution is 0.0697. The van der Waals surface area contributed by atoms with E-state index in [-0.39, 0.29) is 5.56 Å². The highest BCUT2D eigenvalue weighted by Gasteiger charge is 2.18. The summed E-state index contributed by atoms with van der Waals surface area (Å²) in [6, 6.07) is 18.2. The molecule has 0 aliphatic heterocycles. The van der Waals surface area contributed by atoms with Gasteiger partial charge in [0.2, 0.25) is 0 Å². The Bertz CT molecular complexity index is 1190. The number of pyridine rings is 1. The molecule has 0 aliphatic rings. The van der Waals surface area contributed by atoms with E-state index in [0.29, 0.717) is 5.56 Å². The number of rotatable bonds is 5. The molecular formula is C24H22N2O3. The molecule has 0 radical (unpaired) electrons. The van der Waals surface area contributed by atoms with Crippen molar-refractivity contribution in [3.63, 3.8) is 0 Å². The molecule has 0 amide bonds. The molecule has 0 fully saturated rings. The molecule has 29 heavy (non-hydrogen) atoms. The first kappa shape index (κ1) is 18.9. The van der Waals surface area contributed by atoms with Crippen LogP contribution in [0.5, 0.6) is 0 Å². The van der Waals surface area contributed by atoms with Gasteiger partial charge in [-0.3, -0.25) is 0 Å². The van der Waals surface area contributed by atoms with Crippen LogP contribution in [0.25, 0.3) is 16.8 Å². The van der Waals surface area contributed by atoms with Crippen molar-refractivity contribution in [3.05, 3.63) is 94.9 Å². The van der Waals surface area contributed by atoms with E-state index in [9.17, 15) is 15.0 Å². The van der Waals surface area contributed by atoms with Crippen molar-refractivity contribution in [2.75, 3.05) is 0 Å². The van der Waals surface area contributed by atoms with E-state index >= 15 is 0 Å². The first-order valence-electron chi connectivity index (χ1n) is 9.57. The van der Waals surface area contributed by atoms with Gasteiger partial charge in [-0.05, 0) is 47.7 Å². The summed E-state index contributed by atoms with van der Waals surface area (Å²) < 4.78 is 1.95. The number of hydrogen-bond acceptors (Lipinski definition) is 3. The van der Waals surface area contributed by atoms with Gasteiger partial charge >= 0.3 is 5.97 Å². The molecular weight excluding hydrogens is 364 g/mol. The van der Waals surface area contributed by atoms with Crippen LogP contribution < -0.4 is 0 Å². The van der Waals surface area contributed by atoms with Gasteiger partial charge < -0.3 is 14.6 Å². The molecule has 5 heteroatoms. The molecule has 0 aliphatic carbocycles. The minimum absolute atomic E-state index is 0.256. The van der Waals surface area contributed by atoms with Gasteiger partial charge in [-0.15, -0.1) is 0 Å². The Hall–Kier alpha value is -3.44. The van der Waals surface area contributed by atoms with Crippen molar-refractivity contribution in [1.29, 1.82) is 0 Å². The van der Waals surface area contributed by atoms with Crippen molar-refractivity contribution in [1.82, 2.24) is 9.38 Å². The van der Waals surface area contributed by atoms with E-state index in [1.54, 1.807) is 18.2 Å². The molecule has 0 spiro atoms. The Morgan fingerprint density at radius 2 is 1.79 bits per heavy atom. The second-order valence-corrected chi connectivity index (χ2v) is 7.09. The third-order valence-electron chi connectivity index (χ3n) is 5.25. The van der Waals surface area contributed by atoms with E-state index in [1.807, 2.05) is 60.0 Å². The van der Waals surface area contributed by atoms with E-state index in [2.05, 4.69) is 11.9 Å². The third-order valence-corrected chi connectivity index (χ3v) is 5.25. The van der Waals surface area contributed by atoms with Crippen molar-refractivity contribution in [2.45, 2.75) is 26.4 Å². The third kappa shape index (κ3) is 3.41. The zero-order chi connectivity index (χ0) is 20.5. The fourth-order valence-corrected chi connectivity index (χ4v) is 3.67. The summed E-state index contributed by atoms with van der Waals surface area (Å²) in [4.78, 5) is 16.1. The fraction of sp³-hybridized carbons (Fsp3) is 0.167. The van der Waals surface area contributed by atoms with Crippen LogP contribution in [0.2, 0.25) is 0 Å². The van der Waals surface area contributed by atoms with Crippen LogP contribution in [-0.4, -0.2) is 25.6 Å². The van der Waals surface area contributed by atoms with Gasteiger partial charge in [0.25, 0.3) is 0 Å². The van der Waals surface area contributed by atoms with Gasteiger partial charge in [0.1, 0.15) is 11.8 Å².